The molecule has 3 aliphatic rings. The fourth-order valence-electron chi connectivity index (χ4n) is 6.77. The van der Waals surface area contributed by atoms with Crippen LogP contribution in [0.2, 0.25) is 0 Å². The van der Waals surface area contributed by atoms with Gasteiger partial charge in [-0.15, -0.1) is 0 Å². The Morgan fingerprint density at radius 1 is 0.923 bits per heavy atom. The van der Waals surface area contributed by atoms with Crippen molar-refractivity contribution in [3.05, 3.63) is 65.9 Å². The molecule has 0 radical (unpaired) electrons. The van der Waals surface area contributed by atoms with Crippen molar-refractivity contribution in [3.8, 4) is 0 Å². The lowest BCUT2D eigenvalue weighted by Crippen LogP contribution is -2.60. The maximum Gasteiger partial charge on any atom is 0.433 e. The van der Waals surface area contributed by atoms with Crippen LogP contribution in [0, 0.1) is 5.92 Å². The summed E-state index contributed by atoms with van der Waals surface area (Å²) in [6.45, 7) is 2.37. The molecular formula is C31H35F3N4O. The van der Waals surface area contributed by atoms with Gasteiger partial charge in [0.15, 0.2) is 5.78 Å². The number of fused-ring (bicyclic) bond motifs is 2. The van der Waals surface area contributed by atoms with Gasteiger partial charge in [-0.05, 0) is 49.4 Å². The number of ketones is 1. The molecule has 206 valence electrons. The third-order valence-corrected chi connectivity index (χ3v) is 8.80. The molecule has 5 nitrogen and oxygen atoms in total. The van der Waals surface area contributed by atoms with E-state index in [1.54, 1.807) is 12.1 Å². The van der Waals surface area contributed by atoms with Crippen LogP contribution in [0.25, 0.3) is 10.9 Å². The van der Waals surface area contributed by atoms with E-state index in [9.17, 15) is 18.0 Å². The first-order chi connectivity index (χ1) is 18.9. The fourth-order valence-corrected chi connectivity index (χ4v) is 6.77. The summed E-state index contributed by atoms with van der Waals surface area (Å²) in [5.74, 6) is 0.438. The molecule has 1 aliphatic carbocycles. The Bertz CT molecular complexity index is 1330. The number of pyridine rings is 1. The maximum absolute atomic E-state index is 14.1. The predicted octanol–water partition coefficient (Wildman–Crippen LogP) is 6.32. The quantitative estimate of drug-likeness (QED) is 0.414. The molecule has 3 heterocycles. The zero-order valence-electron chi connectivity index (χ0n) is 22.1. The van der Waals surface area contributed by atoms with Crippen molar-refractivity contribution in [2.75, 3.05) is 36.4 Å². The van der Waals surface area contributed by atoms with Crippen LogP contribution in [0.3, 0.4) is 0 Å². The van der Waals surface area contributed by atoms with Gasteiger partial charge < -0.3 is 10.2 Å². The first-order valence-corrected chi connectivity index (χ1v) is 14.2. The average molecular weight is 537 g/mol. The minimum absolute atomic E-state index is 0.0273. The van der Waals surface area contributed by atoms with Crippen LogP contribution < -0.4 is 10.2 Å². The topological polar surface area (TPSA) is 48.5 Å². The first kappa shape index (κ1) is 26.1. The number of para-hydroxylation sites is 2. The van der Waals surface area contributed by atoms with Crippen molar-refractivity contribution < 1.29 is 18.0 Å². The number of carbonyl (C=O) groups excluding carboxylic acids is 1. The molecule has 0 bridgehead atoms. The third-order valence-electron chi connectivity index (χ3n) is 8.80. The summed E-state index contributed by atoms with van der Waals surface area (Å²) < 4.78 is 41.0. The standard InChI is InChI=1S/C31H35F3N4O/c32-31(33,34)28-20-27(23-11-5-7-13-25(23)36-28)37-16-18-38(19-17-37)29(30(39)22-9-2-1-3-10-22)26-15-14-21-8-4-6-12-24(21)35-26/h4-8,11-13,20,22,26,29,35H,1-3,9-10,14-19H2. The van der Waals surface area contributed by atoms with E-state index < -0.39 is 11.9 Å². The molecule has 2 aliphatic heterocycles. The van der Waals surface area contributed by atoms with Gasteiger partial charge in [-0.1, -0.05) is 55.7 Å². The van der Waals surface area contributed by atoms with E-state index in [0.29, 0.717) is 43.2 Å². The van der Waals surface area contributed by atoms with Crippen LogP contribution in [0.4, 0.5) is 24.5 Å². The van der Waals surface area contributed by atoms with Crippen LogP contribution in [0.5, 0.6) is 0 Å². The second-order valence-electron chi connectivity index (χ2n) is 11.2. The number of anilines is 2. The van der Waals surface area contributed by atoms with Crippen LogP contribution in [-0.4, -0.2) is 53.9 Å². The molecule has 6 rings (SSSR count). The molecule has 8 heteroatoms. The molecule has 1 saturated carbocycles. The molecule has 1 aromatic heterocycles. The zero-order chi connectivity index (χ0) is 27.0. The number of benzene rings is 2. The Morgan fingerprint density at radius 2 is 1.64 bits per heavy atom. The van der Waals surface area contributed by atoms with Crippen molar-refractivity contribution in [3.63, 3.8) is 0 Å². The Morgan fingerprint density at radius 3 is 2.41 bits per heavy atom. The second-order valence-corrected chi connectivity index (χ2v) is 11.2. The van der Waals surface area contributed by atoms with Gasteiger partial charge in [0.1, 0.15) is 5.69 Å². The van der Waals surface area contributed by atoms with Gasteiger partial charge >= 0.3 is 6.18 Å². The number of carbonyl (C=O) groups is 1. The molecule has 1 saturated heterocycles. The van der Waals surface area contributed by atoms with Crippen molar-refractivity contribution in [1.82, 2.24) is 9.88 Å². The van der Waals surface area contributed by atoms with E-state index in [1.807, 2.05) is 23.1 Å². The van der Waals surface area contributed by atoms with E-state index in [0.717, 1.165) is 49.6 Å². The second kappa shape index (κ2) is 10.8. The molecule has 2 unspecified atom stereocenters. The molecule has 2 aromatic carbocycles. The molecular weight excluding hydrogens is 501 g/mol. The van der Waals surface area contributed by atoms with Crippen molar-refractivity contribution in [2.45, 2.75) is 63.2 Å². The minimum Gasteiger partial charge on any atom is -0.380 e. The van der Waals surface area contributed by atoms with Gasteiger partial charge in [0.25, 0.3) is 0 Å². The van der Waals surface area contributed by atoms with Gasteiger partial charge in [0, 0.05) is 54.9 Å². The van der Waals surface area contributed by atoms with Gasteiger partial charge in [-0.3, -0.25) is 9.69 Å². The van der Waals surface area contributed by atoms with Gasteiger partial charge in [-0.25, -0.2) is 4.98 Å². The highest BCUT2D eigenvalue weighted by Crippen LogP contribution is 2.36. The fraction of sp³-hybridized carbons (Fsp3) is 0.484. The molecule has 0 spiro atoms. The number of halogens is 3. The minimum atomic E-state index is -4.51. The first-order valence-electron chi connectivity index (χ1n) is 14.2. The number of alkyl halides is 3. The number of Topliss-reactive ketones (excluding diaryl/α,β-unsaturated/α-hetero) is 1. The number of aryl methyl sites for hydroxylation is 1. The lowest BCUT2D eigenvalue weighted by Gasteiger charge is -2.45. The predicted molar refractivity (Wildman–Crippen MR) is 148 cm³/mol. The van der Waals surface area contributed by atoms with Gasteiger partial charge in [0.05, 0.1) is 11.6 Å². The van der Waals surface area contributed by atoms with E-state index in [2.05, 4.69) is 33.4 Å². The largest absolute Gasteiger partial charge is 0.433 e. The number of rotatable bonds is 5. The summed E-state index contributed by atoms with van der Waals surface area (Å²) in [5.41, 5.74) is 2.44. The van der Waals surface area contributed by atoms with Crippen molar-refractivity contribution in [2.24, 2.45) is 5.92 Å². The summed E-state index contributed by atoms with van der Waals surface area (Å²) in [6, 6.07) is 16.3. The number of hydrogen-bond acceptors (Lipinski definition) is 5. The monoisotopic (exact) mass is 536 g/mol. The van der Waals surface area contributed by atoms with Crippen LogP contribution in [0.1, 0.15) is 49.8 Å². The lowest BCUT2D eigenvalue weighted by atomic mass is 9.80. The van der Waals surface area contributed by atoms with E-state index >= 15 is 0 Å². The summed E-state index contributed by atoms with van der Waals surface area (Å²) in [7, 11) is 0. The highest BCUT2D eigenvalue weighted by Gasteiger charge is 2.40. The third kappa shape index (κ3) is 5.36. The molecule has 0 amide bonds. The molecule has 3 aromatic rings. The molecule has 2 fully saturated rings. The van der Waals surface area contributed by atoms with E-state index in [1.165, 1.54) is 18.1 Å². The number of piperazine rings is 1. The molecule has 2 atom stereocenters. The summed E-state index contributed by atoms with van der Waals surface area (Å²) in [6.07, 6.45) is 2.64. The van der Waals surface area contributed by atoms with Crippen LogP contribution >= 0.6 is 0 Å². The average Bonchev–Trinajstić information content (AvgIpc) is 2.97. The van der Waals surface area contributed by atoms with Gasteiger partial charge in [-0.2, -0.15) is 13.2 Å². The number of nitrogens with one attached hydrogen (secondary N) is 1. The maximum atomic E-state index is 14.1. The SMILES string of the molecule is O=C(C1CCCCC1)C(C1CCc2ccccc2N1)N1CCN(c2cc(C(F)(F)F)nc3ccccc23)CC1. The Hall–Kier alpha value is -3.13. The number of hydrogen-bond donors (Lipinski definition) is 1. The Kier molecular flexibility index (Phi) is 7.23. The summed E-state index contributed by atoms with van der Waals surface area (Å²) >= 11 is 0. The lowest BCUT2D eigenvalue weighted by molar-refractivity contribution is -0.141. The van der Waals surface area contributed by atoms with Crippen LogP contribution in [-0.2, 0) is 17.4 Å². The highest BCUT2D eigenvalue weighted by molar-refractivity contribution is 5.92. The Balaban J connectivity index is 1.26. The summed E-state index contributed by atoms with van der Waals surface area (Å²) in [4.78, 5) is 22.3. The molecule has 39 heavy (non-hydrogen) atoms. The highest BCUT2D eigenvalue weighted by atomic mass is 19.4. The Labute approximate surface area is 227 Å². The van der Waals surface area contributed by atoms with Crippen molar-refractivity contribution in [1.29, 1.82) is 0 Å². The number of aromatic nitrogens is 1. The zero-order valence-corrected chi connectivity index (χ0v) is 22.1. The van der Waals surface area contributed by atoms with Crippen LogP contribution in [0.15, 0.2) is 54.6 Å². The molecule has 1 N–H and O–H groups in total. The van der Waals surface area contributed by atoms with E-state index in [4.69, 9.17) is 0 Å². The number of nitrogens with zero attached hydrogens (tertiary/aromatic N) is 3. The van der Waals surface area contributed by atoms with Gasteiger partial charge in [0.2, 0.25) is 0 Å². The normalized spacial score (nSPS) is 21.8. The van der Waals surface area contributed by atoms with Crippen molar-refractivity contribution >= 4 is 28.1 Å². The summed E-state index contributed by atoms with van der Waals surface area (Å²) in [5, 5.41) is 4.42. The van der Waals surface area contributed by atoms with E-state index in [-0.39, 0.29) is 18.0 Å². The smallest absolute Gasteiger partial charge is 0.380 e.